The third-order valence-corrected chi connectivity index (χ3v) is 4.82. The molecule has 0 atom stereocenters. The van der Waals surface area contributed by atoms with Crippen LogP contribution in [0.3, 0.4) is 0 Å². The summed E-state index contributed by atoms with van der Waals surface area (Å²) in [6, 6.07) is 11.4. The van der Waals surface area contributed by atoms with Gasteiger partial charge in [0.2, 0.25) is 10.0 Å². The van der Waals surface area contributed by atoms with Crippen LogP contribution in [0.2, 0.25) is 0 Å². The molecule has 2 N–H and O–H groups in total. The van der Waals surface area contributed by atoms with Crippen LogP contribution in [0.4, 0.5) is 5.69 Å². The van der Waals surface area contributed by atoms with E-state index in [-0.39, 0.29) is 5.75 Å². The van der Waals surface area contributed by atoms with Crippen molar-refractivity contribution in [3.63, 3.8) is 0 Å². The molecule has 22 heavy (non-hydrogen) atoms. The zero-order valence-corrected chi connectivity index (χ0v) is 13.2. The maximum atomic E-state index is 11.6. The molecule has 2 aromatic heterocycles. The summed E-state index contributed by atoms with van der Waals surface area (Å²) in [4.78, 5) is 7.53. The summed E-state index contributed by atoms with van der Waals surface area (Å²) >= 11 is 0. The second-order valence-corrected chi connectivity index (χ2v) is 7.17. The second-order valence-electron chi connectivity index (χ2n) is 5.16. The highest BCUT2D eigenvalue weighted by molar-refractivity contribution is 7.92. The van der Waals surface area contributed by atoms with Crippen molar-refractivity contribution in [3.05, 3.63) is 48.3 Å². The Hall–Kier alpha value is -2.34. The number of rotatable bonds is 4. The highest BCUT2D eigenvalue weighted by Gasteiger charge is 2.09. The minimum absolute atomic E-state index is 0.0579. The first-order valence-electron chi connectivity index (χ1n) is 7.04. The van der Waals surface area contributed by atoms with Gasteiger partial charge in [-0.3, -0.25) is 4.72 Å². The maximum absolute atomic E-state index is 11.6. The summed E-state index contributed by atoms with van der Waals surface area (Å²) in [5, 5.41) is 1.06. The first kappa shape index (κ1) is 14.6. The highest BCUT2D eigenvalue weighted by atomic mass is 32.2. The molecule has 0 aliphatic carbocycles. The lowest BCUT2D eigenvalue weighted by Crippen LogP contribution is -2.14. The van der Waals surface area contributed by atoms with Gasteiger partial charge in [0.05, 0.1) is 5.75 Å². The molecule has 114 valence electrons. The lowest BCUT2D eigenvalue weighted by Gasteiger charge is -2.08. The fraction of sp³-hybridized carbons (Fsp3) is 0.188. The zero-order chi connectivity index (χ0) is 15.7. The quantitative estimate of drug-likeness (QED) is 0.775. The standard InChI is InChI=1S/C16H17N3O2S/c1-3-22(20,21)19-13-6-4-12(5-7-13)14-8-9-17-16-15(14)10-11(2)18-16/h4-10,19H,3H2,1-2H3,(H,17,18). The second kappa shape index (κ2) is 5.46. The van der Waals surface area contributed by atoms with E-state index in [4.69, 9.17) is 0 Å². The first-order chi connectivity index (χ1) is 10.5. The molecular formula is C16H17N3O2S. The van der Waals surface area contributed by atoms with Crippen LogP contribution in [0.15, 0.2) is 42.6 Å². The summed E-state index contributed by atoms with van der Waals surface area (Å²) in [6.45, 7) is 3.60. The zero-order valence-electron chi connectivity index (χ0n) is 12.4. The van der Waals surface area contributed by atoms with E-state index in [9.17, 15) is 8.42 Å². The van der Waals surface area contributed by atoms with Crippen LogP contribution >= 0.6 is 0 Å². The monoisotopic (exact) mass is 315 g/mol. The molecule has 0 radical (unpaired) electrons. The van der Waals surface area contributed by atoms with Gasteiger partial charge in [-0.15, -0.1) is 0 Å². The fourth-order valence-electron chi connectivity index (χ4n) is 2.38. The molecular weight excluding hydrogens is 298 g/mol. The molecule has 6 heteroatoms. The number of aromatic nitrogens is 2. The number of hydrogen-bond donors (Lipinski definition) is 2. The van der Waals surface area contributed by atoms with E-state index in [0.29, 0.717) is 5.69 Å². The van der Waals surface area contributed by atoms with E-state index >= 15 is 0 Å². The molecule has 0 saturated heterocycles. The third kappa shape index (κ3) is 2.82. The Morgan fingerprint density at radius 1 is 1.18 bits per heavy atom. The van der Waals surface area contributed by atoms with Crippen LogP contribution in [0.25, 0.3) is 22.2 Å². The van der Waals surface area contributed by atoms with Crippen LogP contribution in [0.5, 0.6) is 0 Å². The van der Waals surface area contributed by atoms with Crippen molar-refractivity contribution in [3.8, 4) is 11.1 Å². The number of fused-ring (bicyclic) bond motifs is 1. The summed E-state index contributed by atoms with van der Waals surface area (Å²) < 4.78 is 25.7. The average molecular weight is 315 g/mol. The molecule has 0 aliphatic heterocycles. The summed E-state index contributed by atoms with van der Waals surface area (Å²) in [5.74, 6) is 0.0579. The van der Waals surface area contributed by atoms with Crippen LogP contribution in [0, 0.1) is 6.92 Å². The minimum Gasteiger partial charge on any atom is -0.344 e. The molecule has 2 heterocycles. The lowest BCUT2D eigenvalue weighted by molar-refractivity contribution is 0.602. The van der Waals surface area contributed by atoms with Crippen molar-refractivity contribution in [1.29, 1.82) is 0 Å². The van der Waals surface area contributed by atoms with Gasteiger partial charge in [0.25, 0.3) is 0 Å². The van der Waals surface area contributed by atoms with Crippen LogP contribution < -0.4 is 4.72 Å². The van der Waals surface area contributed by atoms with Gasteiger partial charge in [-0.25, -0.2) is 13.4 Å². The Labute approximate surface area is 129 Å². The fourth-order valence-corrected chi connectivity index (χ4v) is 3.02. The number of hydrogen-bond acceptors (Lipinski definition) is 3. The molecule has 0 amide bonds. The molecule has 0 unspecified atom stereocenters. The number of pyridine rings is 1. The molecule has 3 aromatic rings. The van der Waals surface area contributed by atoms with Gasteiger partial charge in [0, 0.05) is 23.0 Å². The van der Waals surface area contributed by atoms with Crippen molar-refractivity contribution in [1.82, 2.24) is 9.97 Å². The van der Waals surface area contributed by atoms with E-state index in [1.54, 1.807) is 25.3 Å². The van der Waals surface area contributed by atoms with Crippen molar-refractivity contribution >= 4 is 26.7 Å². The van der Waals surface area contributed by atoms with Crippen molar-refractivity contribution in [2.24, 2.45) is 0 Å². The number of aryl methyl sites for hydroxylation is 1. The van der Waals surface area contributed by atoms with E-state index in [0.717, 1.165) is 27.9 Å². The van der Waals surface area contributed by atoms with Gasteiger partial charge < -0.3 is 4.98 Å². The van der Waals surface area contributed by atoms with E-state index in [1.165, 1.54) is 0 Å². The molecule has 3 rings (SSSR count). The topological polar surface area (TPSA) is 74.8 Å². The number of nitrogens with zero attached hydrogens (tertiary/aromatic N) is 1. The molecule has 0 aliphatic rings. The van der Waals surface area contributed by atoms with Crippen molar-refractivity contribution in [2.75, 3.05) is 10.5 Å². The van der Waals surface area contributed by atoms with Gasteiger partial charge in [-0.2, -0.15) is 0 Å². The molecule has 0 spiro atoms. The van der Waals surface area contributed by atoms with Crippen LogP contribution in [-0.2, 0) is 10.0 Å². The number of benzene rings is 1. The lowest BCUT2D eigenvalue weighted by atomic mass is 10.0. The van der Waals surface area contributed by atoms with Gasteiger partial charge >= 0.3 is 0 Å². The Kier molecular flexibility index (Phi) is 3.62. The molecule has 5 nitrogen and oxygen atoms in total. The minimum atomic E-state index is -3.25. The van der Waals surface area contributed by atoms with Gasteiger partial charge in [-0.05, 0) is 49.2 Å². The normalized spacial score (nSPS) is 11.7. The number of nitrogens with one attached hydrogen (secondary N) is 2. The van der Waals surface area contributed by atoms with Crippen LogP contribution in [0.1, 0.15) is 12.6 Å². The number of H-pyrrole nitrogens is 1. The number of anilines is 1. The number of aromatic amines is 1. The molecule has 0 saturated carbocycles. The largest absolute Gasteiger partial charge is 0.344 e. The smallest absolute Gasteiger partial charge is 0.232 e. The number of sulfonamides is 1. The summed E-state index contributed by atoms with van der Waals surface area (Å²) in [6.07, 6.45) is 1.77. The Morgan fingerprint density at radius 3 is 2.59 bits per heavy atom. The Morgan fingerprint density at radius 2 is 1.91 bits per heavy atom. The van der Waals surface area contributed by atoms with E-state index in [2.05, 4.69) is 20.8 Å². The SMILES string of the molecule is CCS(=O)(=O)Nc1ccc(-c2ccnc3[nH]c(C)cc23)cc1. The Bertz CT molecular complexity index is 912. The predicted molar refractivity (Wildman–Crippen MR) is 89.4 cm³/mol. The summed E-state index contributed by atoms with van der Waals surface area (Å²) in [7, 11) is -3.25. The van der Waals surface area contributed by atoms with Crippen molar-refractivity contribution in [2.45, 2.75) is 13.8 Å². The maximum Gasteiger partial charge on any atom is 0.232 e. The molecule has 0 bridgehead atoms. The predicted octanol–water partition coefficient (Wildman–Crippen LogP) is 3.30. The molecule has 0 fully saturated rings. The van der Waals surface area contributed by atoms with Gasteiger partial charge in [0.15, 0.2) is 0 Å². The van der Waals surface area contributed by atoms with Gasteiger partial charge in [-0.1, -0.05) is 12.1 Å². The summed E-state index contributed by atoms with van der Waals surface area (Å²) in [5.41, 5.74) is 4.57. The average Bonchev–Trinajstić information content (AvgIpc) is 2.88. The van der Waals surface area contributed by atoms with Crippen molar-refractivity contribution < 1.29 is 8.42 Å². The van der Waals surface area contributed by atoms with E-state index < -0.39 is 10.0 Å². The van der Waals surface area contributed by atoms with E-state index in [1.807, 2.05) is 25.1 Å². The first-order valence-corrected chi connectivity index (χ1v) is 8.69. The highest BCUT2D eigenvalue weighted by Crippen LogP contribution is 2.28. The Balaban J connectivity index is 1.98. The third-order valence-electron chi connectivity index (χ3n) is 3.52. The van der Waals surface area contributed by atoms with Crippen LogP contribution in [-0.4, -0.2) is 24.1 Å². The van der Waals surface area contributed by atoms with Gasteiger partial charge in [0.1, 0.15) is 5.65 Å². The molecule has 1 aromatic carbocycles.